The van der Waals surface area contributed by atoms with Crippen molar-refractivity contribution in [2.75, 3.05) is 30.6 Å². The van der Waals surface area contributed by atoms with Crippen molar-refractivity contribution in [1.82, 2.24) is 10.7 Å². The normalized spacial score (nSPS) is 15.0. The van der Waals surface area contributed by atoms with E-state index in [1.165, 1.54) is 18.3 Å². The van der Waals surface area contributed by atoms with E-state index in [4.69, 9.17) is 21.1 Å². The molecule has 0 bridgehead atoms. The summed E-state index contributed by atoms with van der Waals surface area (Å²) >= 11 is 6.25. The molecule has 3 aromatic carbocycles. The zero-order valence-electron chi connectivity index (χ0n) is 22.5. The number of amides is 2. The third-order valence-electron chi connectivity index (χ3n) is 6.33. The standard InChI is InChI=1S/C29H31ClN4O6S/c1-21-26(30)10-5-11-27(21)34(41(37,38)25-8-3-2-4-9-25)19-28(35)33-32-17-22-12-14-23(15-13-22)40-20-29(36)31-18-24-7-6-16-39-24/h2-5,8-15,17,24H,6-7,16,18-20H2,1H3,(H,31,36)(H,33,35)/b32-17-/t24-/m0/s1. The predicted octanol–water partition coefficient (Wildman–Crippen LogP) is 3.67. The van der Waals surface area contributed by atoms with Crippen LogP contribution in [0.5, 0.6) is 5.75 Å². The maximum Gasteiger partial charge on any atom is 0.264 e. The Morgan fingerprint density at radius 3 is 2.54 bits per heavy atom. The maximum absolute atomic E-state index is 13.5. The van der Waals surface area contributed by atoms with Crippen LogP contribution in [-0.2, 0) is 24.3 Å². The molecule has 10 nitrogen and oxygen atoms in total. The topological polar surface area (TPSA) is 126 Å². The van der Waals surface area contributed by atoms with Gasteiger partial charge in [0, 0.05) is 18.2 Å². The molecule has 1 fully saturated rings. The van der Waals surface area contributed by atoms with Crippen molar-refractivity contribution in [3.05, 3.63) is 88.9 Å². The minimum absolute atomic E-state index is 0.0401. The van der Waals surface area contributed by atoms with Gasteiger partial charge in [-0.2, -0.15) is 5.10 Å². The number of hydrogen-bond donors (Lipinski definition) is 2. The first-order chi connectivity index (χ1) is 19.7. The molecule has 2 amide bonds. The van der Waals surface area contributed by atoms with Gasteiger partial charge in [0.05, 0.1) is 22.9 Å². The molecular formula is C29H31ClN4O6S. The quantitative estimate of drug-likeness (QED) is 0.242. The lowest BCUT2D eigenvalue weighted by Crippen LogP contribution is -2.40. The molecule has 0 radical (unpaired) electrons. The second kappa shape index (κ2) is 14.1. The van der Waals surface area contributed by atoms with Crippen LogP contribution in [0.2, 0.25) is 5.02 Å². The summed E-state index contributed by atoms with van der Waals surface area (Å²) in [7, 11) is -4.08. The first-order valence-corrected chi connectivity index (χ1v) is 14.8. The average Bonchev–Trinajstić information content (AvgIpc) is 3.50. The fourth-order valence-corrected chi connectivity index (χ4v) is 5.78. The van der Waals surface area contributed by atoms with Gasteiger partial charge >= 0.3 is 0 Å². The lowest BCUT2D eigenvalue weighted by Gasteiger charge is -2.25. The van der Waals surface area contributed by atoms with Crippen LogP contribution in [-0.4, -0.2) is 58.9 Å². The van der Waals surface area contributed by atoms with Gasteiger partial charge in [-0.1, -0.05) is 35.9 Å². The van der Waals surface area contributed by atoms with Gasteiger partial charge < -0.3 is 14.8 Å². The van der Waals surface area contributed by atoms with Gasteiger partial charge in [0.25, 0.3) is 21.8 Å². The first-order valence-electron chi connectivity index (χ1n) is 13.0. The Kier molecular flexibility index (Phi) is 10.3. The summed E-state index contributed by atoms with van der Waals surface area (Å²) in [6.45, 7) is 2.25. The number of nitrogens with one attached hydrogen (secondary N) is 2. The fraction of sp³-hybridized carbons (Fsp3) is 0.276. The maximum atomic E-state index is 13.5. The van der Waals surface area contributed by atoms with Gasteiger partial charge in [-0.05, 0) is 79.4 Å². The van der Waals surface area contributed by atoms with Crippen LogP contribution < -0.4 is 19.8 Å². The summed E-state index contributed by atoms with van der Waals surface area (Å²) in [5.41, 5.74) is 3.84. The molecule has 216 valence electrons. The number of sulfonamides is 1. The van der Waals surface area contributed by atoms with Gasteiger partial charge in [-0.3, -0.25) is 13.9 Å². The molecule has 41 heavy (non-hydrogen) atoms. The van der Waals surface area contributed by atoms with Crippen LogP contribution in [0.1, 0.15) is 24.0 Å². The van der Waals surface area contributed by atoms with Crippen LogP contribution >= 0.6 is 11.6 Å². The predicted molar refractivity (Wildman–Crippen MR) is 157 cm³/mol. The highest BCUT2D eigenvalue weighted by atomic mass is 35.5. The Labute approximate surface area is 244 Å². The van der Waals surface area contributed by atoms with E-state index in [0.29, 0.717) is 28.4 Å². The lowest BCUT2D eigenvalue weighted by atomic mass is 10.2. The molecule has 1 aliphatic rings. The lowest BCUT2D eigenvalue weighted by molar-refractivity contribution is -0.123. The van der Waals surface area contributed by atoms with E-state index < -0.39 is 22.5 Å². The third kappa shape index (κ3) is 8.29. The Bertz CT molecular complexity index is 1480. The SMILES string of the molecule is Cc1c(Cl)cccc1N(CC(=O)N/N=C\c1ccc(OCC(=O)NC[C@@H]2CCCO2)cc1)S(=O)(=O)c1ccccc1. The highest BCUT2D eigenvalue weighted by molar-refractivity contribution is 7.92. The van der Waals surface area contributed by atoms with E-state index in [0.717, 1.165) is 23.8 Å². The van der Waals surface area contributed by atoms with Crippen molar-refractivity contribution in [2.45, 2.75) is 30.8 Å². The summed E-state index contributed by atoms with van der Waals surface area (Å²) in [5, 5.41) is 7.13. The summed E-state index contributed by atoms with van der Waals surface area (Å²) in [6, 6.07) is 19.5. The number of nitrogens with zero attached hydrogens (tertiary/aromatic N) is 2. The van der Waals surface area contributed by atoms with Crippen LogP contribution in [0.3, 0.4) is 0 Å². The first kappa shape index (κ1) is 30.0. The molecule has 3 aromatic rings. The van der Waals surface area contributed by atoms with E-state index in [2.05, 4.69) is 15.8 Å². The Hall–Kier alpha value is -3.93. The second-order valence-corrected chi connectivity index (χ2v) is 11.6. The summed E-state index contributed by atoms with van der Waals surface area (Å²) < 4.78 is 39.0. The number of anilines is 1. The molecule has 0 unspecified atom stereocenters. The monoisotopic (exact) mass is 598 g/mol. The smallest absolute Gasteiger partial charge is 0.264 e. The van der Waals surface area contributed by atoms with Gasteiger partial charge in [0.1, 0.15) is 12.3 Å². The molecule has 4 rings (SSSR count). The van der Waals surface area contributed by atoms with Gasteiger partial charge in [-0.15, -0.1) is 0 Å². The zero-order chi connectivity index (χ0) is 29.2. The Balaban J connectivity index is 1.34. The minimum Gasteiger partial charge on any atom is -0.484 e. The van der Waals surface area contributed by atoms with Gasteiger partial charge in [0.15, 0.2) is 6.61 Å². The number of carbonyl (C=O) groups excluding carboxylic acids is 2. The molecule has 12 heteroatoms. The van der Waals surface area contributed by atoms with E-state index in [1.54, 1.807) is 67.6 Å². The summed E-state index contributed by atoms with van der Waals surface area (Å²) in [4.78, 5) is 24.8. The molecule has 1 saturated heterocycles. The molecule has 0 spiro atoms. The molecular weight excluding hydrogens is 568 g/mol. The van der Waals surface area contributed by atoms with Crippen LogP contribution in [0, 0.1) is 6.92 Å². The van der Waals surface area contributed by atoms with E-state index >= 15 is 0 Å². The highest BCUT2D eigenvalue weighted by Crippen LogP contribution is 2.30. The molecule has 1 atom stereocenters. The summed E-state index contributed by atoms with van der Waals surface area (Å²) in [5.74, 6) is -0.378. The number of halogens is 1. The molecule has 2 N–H and O–H groups in total. The van der Waals surface area contributed by atoms with Crippen LogP contribution in [0.4, 0.5) is 5.69 Å². The van der Waals surface area contributed by atoms with E-state index in [9.17, 15) is 18.0 Å². The fourth-order valence-electron chi connectivity index (χ4n) is 4.11. The third-order valence-corrected chi connectivity index (χ3v) is 8.51. The van der Waals surface area contributed by atoms with Crippen molar-refractivity contribution in [2.24, 2.45) is 5.10 Å². The van der Waals surface area contributed by atoms with Gasteiger partial charge in [-0.25, -0.2) is 13.8 Å². The highest BCUT2D eigenvalue weighted by Gasteiger charge is 2.28. The zero-order valence-corrected chi connectivity index (χ0v) is 24.0. The van der Waals surface area contributed by atoms with E-state index in [-0.39, 0.29) is 29.2 Å². The largest absolute Gasteiger partial charge is 0.484 e. The number of rotatable bonds is 12. The Morgan fingerprint density at radius 2 is 1.83 bits per heavy atom. The van der Waals surface area contributed by atoms with Crippen LogP contribution in [0.25, 0.3) is 0 Å². The number of hydrogen-bond acceptors (Lipinski definition) is 7. The number of hydrazone groups is 1. The molecule has 0 saturated carbocycles. The van der Waals surface area contributed by atoms with Crippen molar-refractivity contribution in [1.29, 1.82) is 0 Å². The average molecular weight is 599 g/mol. The number of benzene rings is 3. The second-order valence-electron chi connectivity index (χ2n) is 9.30. The number of carbonyl (C=O) groups is 2. The number of ether oxygens (including phenoxy) is 2. The molecule has 0 aromatic heterocycles. The van der Waals surface area contributed by atoms with Crippen molar-refractivity contribution in [3.8, 4) is 5.75 Å². The molecule has 0 aliphatic carbocycles. The molecule has 1 heterocycles. The van der Waals surface area contributed by atoms with Crippen molar-refractivity contribution >= 4 is 45.3 Å². The van der Waals surface area contributed by atoms with Crippen molar-refractivity contribution in [3.63, 3.8) is 0 Å². The van der Waals surface area contributed by atoms with Gasteiger partial charge in [0.2, 0.25) is 0 Å². The molecule has 1 aliphatic heterocycles. The minimum atomic E-state index is -4.08. The Morgan fingerprint density at radius 1 is 1.07 bits per heavy atom. The summed E-state index contributed by atoms with van der Waals surface area (Å²) in [6.07, 6.45) is 3.43. The van der Waals surface area contributed by atoms with Crippen LogP contribution in [0.15, 0.2) is 82.8 Å². The van der Waals surface area contributed by atoms with E-state index in [1.807, 2.05) is 0 Å². The van der Waals surface area contributed by atoms with Crippen molar-refractivity contribution < 1.29 is 27.5 Å².